The predicted molar refractivity (Wildman–Crippen MR) is 45.2 cm³/mol. The van der Waals surface area contributed by atoms with Gasteiger partial charge in [0.05, 0.1) is 6.04 Å². The van der Waals surface area contributed by atoms with Gasteiger partial charge in [-0.05, 0) is 32.8 Å². The average molecular weight is 191 g/mol. The number of rotatable bonds is 2. The van der Waals surface area contributed by atoms with Crippen molar-refractivity contribution in [2.24, 2.45) is 5.73 Å². The molecule has 1 aromatic heterocycles. The standard InChI is InChI=1S/C6H15N4O3/c1-5(2)8-9(6(3,4)7)13-10(11)12-8/h5H,7H2,1-4H3/q-1. The van der Waals surface area contributed by atoms with Crippen LogP contribution in [0.25, 0.3) is 0 Å². The van der Waals surface area contributed by atoms with Crippen molar-refractivity contribution < 1.29 is 9.26 Å². The molecule has 0 aliphatic carbocycles. The fraction of sp³-hybridized carbons (Fsp3) is 1.00. The highest BCUT2D eigenvalue weighted by Crippen LogP contribution is 2.12. The first-order valence-corrected chi connectivity index (χ1v) is 4.04. The Morgan fingerprint density at radius 3 is 2.15 bits per heavy atom. The molecule has 13 heavy (non-hydrogen) atoms. The summed E-state index contributed by atoms with van der Waals surface area (Å²) >= 11 is 0. The molecule has 1 aromatic rings. The fourth-order valence-corrected chi connectivity index (χ4v) is 0.879. The van der Waals surface area contributed by atoms with Crippen LogP contribution in [0.3, 0.4) is 0 Å². The Bertz CT molecular complexity index is 301. The summed E-state index contributed by atoms with van der Waals surface area (Å²) < 4.78 is 9.39. The summed E-state index contributed by atoms with van der Waals surface area (Å²) in [6, 6.07) is -0.0400. The normalized spacial score (nSPS) is 12.5. The summed E-state index contributed by atoms with van der Waals surface area (Å²) in [7, 11) is 0. The van der Waals surface area contributed by atoms with Crippen LogP contribution < -0.4 is 5.73 Å². The summed E-state index contributed by atoms with van der Waals surface area (Å²) in [5.41, 5.74) is 4.93. The third-order valence-electron chi connectivity index (χ3n) is 1.41. The summed E-state index contributed by atoms with van der Waals surface area (Å²) in [6.45, 7) is 7.10. The van der Waals surface area contributed by atoms with Gasteiger partial charge in [0.2, 0.25) is 0 Å². The monoisotopic (exact) mass is 191 g/mol. The van der Waals surface area contributed by atoms with E-state index in [-0.39, 0.29) is 11.1 Å². The molecule has 0 amide bonds. The Morgan fingerprint density at radius 1 is 1.31 bits per heavy atom. The van der Waals surface area contributed by atoms with E-state index in [4.69, 9.17) is 10.4 Å². The summed E-state index contributed by atoms with van der Waals surface area (Å²) in [5, 5.41) is 10.8. The zero-order chi connectivity index (χ0) is 10.2. The lowest BCUT2D eigenvalue weighted by molar-refractivity contribution is 0.0357. The molecule has 7 nitrogen and oxygen atoms in total. The first-order chi connectivity index (χ1) is 5.82. The van der Waals surface area contributed by atoms with E-state index in [9.17, 15) is 5.21 Å². The number of nitrogens with two attached hydrogens (primary N) is 1. The van der Waals surface area contributed by atoms with Crippen molar-refractivity contribution in [3.63, 3.8) is 0 Å². The van der Waals surface area contributed by atoms with Gasteiger partial charge in [-0.1, -0.05) is 0 Å². The quantitative estimate of drug-likeness (QED) is 0.754. The van der Waals surface area contributed by atoms with Gasteiger partial charge in [-0.2, -0.15) is 9.71 Å². The maximum absolute atomic E-state index is 10.7. The first kappa shape index (κ1) is 9.85. The van der Waals surface area contributed by atoms with Crippen LogP contribution in [0, 0.1) is 5.21 Å². The topological polar surface area (TPSA) is 90.1 Å². The highest BCUT2D eigenvalue weighted by molar-refractivity contribution is 4.60. The first-order valence-electron chi connectivity index (χ1n) is 4.04. The Kier molecular flexibility index (Phi) is 2.21. The molecule has 0 radical (unpaired) electrons. The minimum Gasteiger partial charge on any atom is -0.347 e. The molecule has 0 spiro atoms. The smallest absolute Gasteiger partial charge is 0.124 e. The molecule has 1 heterocycles. The predicted octanol–water partition coefficient (Wildman–Crippen LogP) is 0.980. The van der Waals surface area contributed by atoms with Crippen LogP contribution in [0.1, 0.15) is 33.7 Å². The molecule has 0 aliphatic rings. The molecule has 78 valence electrons. The van der Waals surface area contributed by atoms with E-state index in [0.717, 1.165) is 0 Å². The second kappa shape index (κ2) is 2.91. The molecule has 0 fully saturated rings. The van der Waals surface area contributed by atoms with Crippen molar-refractivity contribution in [2.45, 2.75) is 39.4 Å². The van der Waals surface area contributed by atoms with Gasteiger partial charge in [-0.15, -0.1) is 0 Å². The maximum Gasteiger partial charge on any atom is 0.124 e. The number of aromatic nitrogens is 3. The lowest BCUT2D eigenvalue weighted by Crippen LogP contribution is -2.40. The zero-order valence-corrected chi connectivity index (χ0v) is 8.22. The van der Waals surface area contributed by atoms with Crippen molar-refractivity contribution in [3.8, 4) is 0 Å². The molecule has 0 unspecified atom stereocenters. The van der Waals surface area contributed by atoms with Crippen molar-refractivity contribution in [1.82, 2.24) is 14.8 Å². The third kappa shape index (κ3) is 1.92. The van der Waals surface area contributed by atoms with Gasteiger partial charge in [0, 0.05) is 0 Å². The van der Waals surface area contributed by atoms with E-state index in [2.05, 4.69) is 4.63 Å². The molecule has 0 bridgehead atoms. The van der Waals surface area contributed by atoms with Crippen LogP contribution in [0.15, 0.2) is 9.26 Å². The van der Waals surface area contributed by atoms with Crippen LogP contribution in [0.5, 0.6) is 0 Å². The van der Waals surface area contributed by atoms with Crippen LogP contribution in [0.4, 0.5) is 0 Å². The van der Waals surface area contributed by atoms with E-state index in [0.29, 0.717) is 0 Å². The van der Waals surface area contributed by atoms with Crippen molar-refractivity contribution in [2.75, 3.05) is 0 Å². The van der Waals surface area contributed by atoms with Crippen LogP contribution in [-0.4, -0.2) is 14.8 Å². The zero-order valence-electron chi connectivity index (χ0n) is 8.22. The van der Waals surface area contributed by atoms with Crippen molar-refractivity contribution in [1.29, 1.82) is 0 Å². The molecule has 7 heteroatoms. The van der Waals surface area contributed by atoms with Gasteiger partial charge in [-0.3, -0.25) is 0 Å². The Morgan fingerprint density at radius 2 is 1.85 bits per heavy atom. The van der Waals surface area contributed by atoms with Gasteiger partial charge in [-0.25, -0.2) is 0 Å². The van der Waals surface area contributed by atoms with Crippen LogP contribution in [-0.2, 0) is 5.66 Å². The second-order valence-electron chi connectivity index (χ2n) is 3.71. The number of hydrogen-bond acceptors (Lipinski definition) is 4. The summed E-state index contributed by atoms with van der Waals surface area (Å²) in [6.07, 6.45) is 0. The molecule has 0 atom stereocenters. The SMILES string of the molecule is CC(C)n1on([O-])on1C(C)(C)N. The minimum absolute atomic E-state index is 0.00854. The Labute approximate surface area is 75.4 Å². The number of hydrogen-bond donors (Lipinski definition) is 1. The molecular weight excluding hydrogens is 176 g/mol. The van der Waals surface area contributed by atoms with Crippen molar-refractivity contribution >= 4 is 0 Å². The van der Waals surface area contributed by atoms with E-state index in [1.807, 2.05) is 13.8 Å². The van der Waals surface area contributed by atoms with Crippen LogP contribution in [0.2, 0.25) is 0 Å². The average Bonchev–Trinajstić information content (AvgIpc) is 2.29. The Balaban J connectivity index is 3.20. The largest absolute Gasteiger partial charge is 0.347 e. The summed E-state index contributed by atoms with van der Waals surface area (Å²) in [5.74, 6) is 0. The third-order valence-corrected chi connectivity index (χ3v) is 1.41. The lowest BCUT2D eigenvalue weighted by Gasteiger charge is -2.24. The number of nitrogens with zero attached hydrogens (tertiary/aromatic N) is 3. The van der Waals surface area contributed by atoms with Crippen LogP contribution >= 0.6 is 0 Å². The molecule has 0 saturated carbocycles. The van der Waals surface area contributed by atoms with Crippen molar-refractivity contribution in [3.05, 3.63) is 5.21 Å². The summed E-state index contributed by atoms with van der Waals surface area (Å²) in [4.78, 5) is 2.46. The molecule has 0 saturated heterocycles. The molecular formula is C6H15N4O3-. The molecule has 2 N–H and O–H groups in total. The van der Waals surface area contributed by atoms with Gasteiger partial charge in [0.25, 0.3) is 0 Å². The van der Waals surface area contributed by atoms with E-state index >= 15 is 0 Å². The lowest BCUT2D eigenvalue weighted by atomic mass is 10.3. The molecule has 0 aromatic carbocycles. The molecule has 0 aliphatic heterocycles. The maximum atomic E-state index is 10.7. The van der Waals surface area contributed by atoms with Gasteiger partial charge >= 0.3 is 0 Å². The highest BCUT2D eigenvalue weighted by atomic mass is 17.0. The van der Waals surface area contributed by atoms with E-state index in [1.54, 1.807) is 13.8 Å². The second-order valence-corrected chi connectivity index (χ2v) is 3.71. The minimum atomic E-state index is -0.816. The fourth-order valence-electron chi connectivity index (χ4n) is 0.879. The van der Waals surface area contributed by atoms with Gasteiger partial charge < -0.3 is 20.2 Å². The van der Waals surface area contributed by atoms with E-state index in [1.165, 1.54) is 9.71 Å². The highest BCUT2D eigenvalue weighted by Gasteiger charge is 2.18. The van der Waals surface area contributed by atoms with E-state index < -0.39 is 5.66 Å². The Hall–Kier alpha value is -1.24. The van der Waals surface area contributed by atoms with Gasteiger partial charge in [0.15, 0.2) is 0 Å². The molecule has 1 rings (SSSR count). The van der Waals surface area contributed by atoms with Gasteiger partial charge in [0.1, 0.15) is 5.66 Å².